The summed E-state index contributed by atoms with van der Waals surface area (Å²) < 4.78 is 80.6. The number of esters is 2. The fraction of sp³-hybridized carbons (Fsp3) is 0.787. The highest BCUT2D eigenvalue weighted by atomic mass is 31.2. The lowest BCUT2D eigenvalue weighted by molar-refractivity contribution is -0.286. The van der Waals surface area contributed by atoms with Crippen LogP contribution < -0.4 is 44.2 Å². The van der Waals surface area contributed by atoms with E-state index in [9.17, 15) is 72.3 Å². The molecule has 1 rings (SSSR count). The molecule has 77 heavy (non-hydrogen) atoms. The summed E-state index contributed by atoms with van der Waals surface area (Å²) in [6, 6.07) is 0. The SMILES string of the molecule is CCCCC/C=C/C/C=C/C/C=C/C/C=C/CCCC(=O)O[C@H](COC(=O)CCCCCCCCCCCCCCCCC)COP(=O)([O-])OC1[C@H](O)[C@H](OP(=O)([O-])O)C(OP(=O)([O-])O)[C@H](OP(=O)([O-])O)[C@H]1O.[NH4+].[NH4+].[NH4+].[NH4+]. The molecule has 1 aliphatic carbocycles. The fourth-order valence-electron chi connectivity index (χ4n) is 7.64. The van der Waals surface area contributed by atoms with Crippen molar-refractivity contribution in [1.82, 2.24) is 24.6 Å². The molecule has 0 heterocycles. The number of carbonyl (C=O) groups is 2. The van der Waals surface area contributed by atoms with Crippen molar-refractivity contribution in [3.8, 4) is 0 Å². The summed E-state index contributed by atoms with van der Waals surface area (Å²) in [5.41, 5.74) is 0. The van der Waals surface area contributed by atoms with E-state index in [2.05, 4.69) is 51.7 Å². The zero-order chi connectivity index (χ0) is 54.6. The summed E-state index contributed by atoms with van der Waals surface area (Å²) >= 11 is 0. The van der Waals surface area contributed by atoms with E-state index in [1.54, 1.807) is 0 Å². The molecule has 0 saturated heterocycles. The van der Waals surface area contributed by atoms with Gasteiger partial charge in [0.2, 0.25) is 0 Å². The Kier molecular flexibility index (Phi) is 49.5. The third-order valence-electron chi connectivity index (χ3n) is 11.4. The van der Waals surface area contributed by atoms with Gasteiger partial charge in [0.15, 0.2) is 6.10 Å². The van der Waals surface area contributed by atoms with E-state index in [0.717, 1.165) is 51.4 Å². The molecule has 21 N–H and O–H groups in total. The summed E-state index contributed by atoms with van der Waals surface area (Å²) in [5, 5.41) is 21.7. The smallest absolute Gasteiger partial charge is 0.306 e. The molecule has 30 heteroatoms. The quantitative estimate of drug-likeness (QED) is 0.0119. The van der Waals surface area contributed by atoms with Crippen LogP contribution in [0.4, 0.5) is 0 Å². The molecular weight excluding hydrogens is 1100 g/mol. The maximum atomic E-state index is 13.1. The molecular formula is C47H98N4O22P4. The highest BCUT2D eigenvalue weighted by Gasteiger charge is 2.56. The number of quaternary nitrogens is 4. The van der Waals surface area contributed by atoms with Crippen molar-refractivity contribution in [2.24, 2.45) is 0 Å². The first-order valence-electron chi connectivity index (χ1n) is 25.6. The van der Waals surface area contributed by atoms with E-state index in [0.29, 0.717) is 25.7 Å². The summed E-state index contributed by atoms with van der Waals surface area (Å²) in [7, 11) is -24.2. The average Bonchev–Trinajstić information content (AvgIpc) is 3.30. The summed E-state index contributed by atoms with van der Waals surface area (Å²) in [4.78, 5) is 101. The molecule has 26 nitrogen and oxygen atoms in total. The summed E-state index contributed by atoms with van der Waals surface area (Å²) in [6.45, 7) is 2.55. The number of aliphatic hydroxyl groups is 2. The molecule has 0 amide bonds. The van der Waals surface area contributed by atoms with Gasteiger partial charge < -0.3 is 101 Å². The third kappa shape index (κ3) is 44.4. The number of carbonyl (C=O) groups excluding carboxylic acids is 2. The van der Waals surface area contributed by atoms with E-state index >= 15 is 0 Å². The molecule has 0 bridgehead atoms. The topological polar surface area (TPSA) is 506 Å². The zero-order valence-electron chi connectivity index (χ0n) is 46.4. The Morgan fingerprint density at radius 2 is 0.805 bits per heavy atom. The van der Waals surface area contributed by atoms with Crippen LogP contribution in [0.25, 0.3) is 0 Å². The minimum Gasteiger partial charge on any atom is -0.756 e. The van der Waals surface area contributed by atoms with E-state index in [-0.39, 0.29) is 37.4 Å². The first-order chi connectivity index (χ1) is 34.5. The van der Waals surface area contributed by atoms with Gasteiger partial charge in [-0.15, -0.1) is 0 Å². The Morgan fingerprint density at radius 3 is 1.22 bits per heavy atom. The predicted molar refractivity (Wildman–Crippen MR) is 287 cm³/mol. The second-order valence-corrected chi connectivity index (χ2v) is 22.7. The van der Waals surface area contributed by atoms with E-state index in [4.69, 9.17) is 18.5 Å². The molecule has 1 aliphatic rings. The van der Waals surface area contributed by atoms with Crippen molar-refractivity contribution in [3.05, 3.63) is 48.6 Å². The second kappa shape index (κ2) is 46.7. The number of rotatable bonds is 44. The molecule has 0 aromatic heterocycles. The van der Waals surface area contributed by atoms with Crippen molar-refractivity contribution in [2.75, 3.05) is 13.2 Å². The number of allylic oxidation sites excluding steroid dienone is 8. The van der Waals surface area contributed by atoms with Crippen LogP contribution in [0.15, 0.2) is 48.6 Å². The van der Waals surface area contributed by atoms with Crippen molar-refractivity contribution in [3.63, 3.8) is 0 Å². The van der Waals surface area contributed by atoms with Gasteiger partial charge in [0, 0.05) is 12.8 Å². The van der Waals surface area contributed by atoms with Crippen LogP contribution in [0.2, 0.25) is 0 Å². The van der Waals surface area contributed by atoms with Crippen molar-refractivity contribution >= 4 is 43.2 Å². The molecule has 1 fully saturated rings. The van der Waals surface area contributed by atoms with Crippen molar-refractivity contribution in [1.29, 1.82) is 0 Å². The standard InChI is InChI=1S/C47H86O22P4.4H3N/c1-3-5-7-9-11-13-15-17-19-20-22-24-26-28-30-32-34-36-41(49)65-39(37-63-40(48)35-33-31-29-27-25-23-21-18-16-14-12-10-8-6-4-2)38-64-73(61,62)69-44-42(50)45(66-70(52,53)54)47(68-72(58,59)60)46(43(44)51)67-71(55,56)57;;;;/h11,13,17,19,22,24,28,30,39,42-47,50-51H,3-10,12,14-16,18,20-21,23,25-27,29,31-38H2,1-2H3,(H,61,62)(H2,52,53,54)(H2,55,56,57)(H2,58,59,60);4*1H3/b13-11+,19-17+,24-22+,30-28+;;;;/t39-,42+,43+,44?,45-,46+,47?;;;;/m1..../s1. The lowest BCUT2D eigenvalue weighted by atomic mass is 9.85. The predicted octanol–water partition coefficient (Wildman–Crippen LogP) is 8.50. The average molecular weight is 1200 g/mol. The number of unbranched alkanes of at least 4 members (excludes halogenated alkanes) is 18. The first kappa shape index (κ1) is 81.6. The lowest BCUT2D eigenvalue weighted by Gasteiger charge is -2.49. The molecule has 458 valence electrons. The Balaban J connectivity index is -0.00000666. The third-order valence-corrected chi connectivity index (χ3v) is 13.8. The monoisotopic (exact) mass is 1190 g/mol. The van der Waals surface area contributed by atoms with Gasteiger partial charge in [-0.3, -0.25) is 27.8 Å². The Morgan fingerprint density at radius 1 is 0.455 bits per heavy atom. The van der Waals surface area contributed by atoms with Crippen LogP contribution in [0.5, 0.6) is 0 Å². The van der Waals surface area contributed by atoms with Gasteiger partial charge in [0.05, 0.1) is 6.61 Å². The highest BCUT2D eigenvalue weighted by molar-refractivity contribution is 7.46. The van der Waals surface area contributed by atoms with Crippen LogP contribution in [-0.2, 0) is 59.9 Å². The van der Waals surface area contributed by atoms with Gasteiger partial charge in [-0.25, -0.2) is 0 Å². The van der Waals surface area contributed by atoms with Gasteiger partial charge in [0.25, 0.3) is 31.3 Å². The second-order valence-electron chi connectivity index (χ2n) is 17.9. The lowest BCUT2D eigenvalue weighted by Crippen LogP contribution is -2.66. The van der Waals surface area contributed by atoms with Crippen LogP contribution in [0.1, 0.15) is 181 Å². The summed E-state index contributed by atoms with van der Waals surface area (Å²) in [6.07, 6.45) is 21.9. The van der Waals surface area contributed by atoms with Crippen molar-refractivity contribution in [2.45, 2.75) is 224 Å². The van der Waals surface area contributed by atoms with Gasteiger partial charge in [-0.2, -0.15) is 0 Å². The first-order valence-corrected chi connectivity index (χ1v) is 31.5. The normalized spacial score (nSPS) is 22.2. The van der Waals surface area contributed by atoms with Gasteiger partial charge >= 0.3 is 11.9 Å². The van der Waals surface area contributed by atoms with Crippen molar-refractivity contribution < 1.29 is 104 Å². The minimum absolute atomic E-state index is 0. The largest absolute Gasteiger partial charge is 0.756 e. The number of phosphoric acid groups is 4. The molecule has 0 radical (unpaired) electrons. The Labute approximate surface area is 456 Å². The molecule has 0 aliphatic heterocycles. The zero-order valence-corrected chi connectivity index (χ0v) is 50.0. The number of ether oxygens (including phenoxy) is 2. The fourth-order valence-corrected chi connectivity index (χ4v) is 10.3. The maximum Gasteiger partial charge on any atom is 0.306 e. The number of hydrogen-bond acceptors (Lipinski definition) is 19. The molecule has 0 aromatic rings. The Hall–Kier alpha value is -1.90. The number of phosphoric ester groups is 4. The van der Waals surface area contributed by atoms with E-state index in [1.807, 2.05) is 24.3 Å². The Bertz CT molecular complexity index is 1800. The molecule has 0 spiro atoms. The van der Waals surface area contributed by atoms with E-state index in [1.165, 1.54) is 77.0 Å². The summed E-state index contributed by atoms with van der Waals surface area (Å²) in [5.74, 6) is -1.53. The van der Waals surface area contributed by atoms with Crippen LogP contribution >= 0.6 is 31.3 Å². The van der Waals surface area contributed by atoms with Crippen LogP contribution in [0, 0.1) is 0 Å². The highest BCUT2D eigenvalue weighted by Crippen LogP contribution is 2.50. The molecule has 1 saturated carbocycles. The van der Waals surface area contributed by atoms with E-state index < -0.39 is 99.2 Å². The van der Waals surface area contributed by atoms with Gasteiger partial charge in [-0.05, 0) is 51.4 Å². The molecule has 6 unspecified atom stereocenters. The molecule has 11 atom stereocenters. The van der Waals surface area contributed by atoms with Crippen LogP contribution in [0.3, 0.4) is 0 Å². The van der Waals surface area contributed by atoms with Gasteiger partial charge in [-0.1, -0.05) is 165 Å². The van der Waals surface area contributed by atoms with Crippen LogP contribution in [-0.4, -0.2) is 92.8 Å². The number of hydrogen-bond donors (Lipinski definition) is 9. The maximum absolute atomic E-state index is 13.1. The molecule has 0 aromatic carbocycles. The number of aliphatic hydroxyl groups excluding tert-OH is 2. The van der Waals surface area contributed by atoms with Gasteiger partial charge in [0.1, 0.15) is 43.2 Å². The minimum atomic E-state index is -6.10.